The van der Waals surface area contributed by atoms with E-state index in [9.17, 15) is 4.79 Å². The molecule has 0 aliphatic heterocycles. The molecule has 0 spiro atoms. The fraction of sp³-hybridized carbons (Fsp3) is 0.0833. The molecule has 2 rings (SSSR count). The minimum absolute atomic E-state index is 0.106. The van der Waals surface area contributed by atoms with E-state index in [4.69, 9.17) is 10.5 Å². The Hall–Kier alpha value is -2.23. The van der Waals surface area contributed by atoms with Crippen molar-refractivity contribution in [2.75, 3.05) is 12.8 Å². The van der Waals surface area contributed by atoms with Crippen molar-refractivity contribution in [2.45, 2.75) is 0 Å². The van der Waals surface area contributed by atoms with Crippen LogP contribution in [-0.4, -0.2) is 17.9 Å². The second kappa shape index (κ2) is 4.10. The Morgan fingerprint density at radius 1 is 1.38 bits per heavy atom. The maximum Gasteiger partial charge on any atom is 0.198 e. The number of methoxy groups -OCH3 is 1. The van der Waals surface area contributed by atoms with Gasteiger partial charge < -0.3 is 15.5 Å². The SMILES string of the molecule is COc1ccc(N)cc1C(=O)c1cc[nH]c1. The van der Waals surface area contributed by atoms with Gasteiger partial charge in [0.2, 0.25) is 0 Å². The summed E-state index contributed by atoms with van der Waals surface area (Å²) >= 11 is 0. The van der Waals surface area contributed by atoms with Gasteiger partial charge in [0.15, 0.2) is 5.78 Å². The predicted molar refractivity (Wildman–Crippen MR) is 61.6 cm³/mol. The molecule has 0 atom stereocenters. The average molecular weight is 216 g/mol. The van der Waals surface area contributed by atoms with Crippen molar-refractivity contribution in [1.29, 1.82) is 0 Å². The largest absolute Gasteiger partial charge is 0.496 e. The van der Waals surface area contributed by atoms with Crippen molar-refractivity contribution in [1.82, 2.24) is 4.98 Å². The van der Waals surface area contributed by atoms with Crippen LogP contribution in [-0.2, 0) is 0 Å². The molecule has 1 aromatic heterocycles. The van der Waals surface area contributed by atoms with E-state index in [-0.39, 0.29) is 5.78 Å². The van der Waals surface area contributed by atoms with Crippen LogP contribution in [0.3, 0.4) is 0 Å². The highest BCUT2D eigenvalue weighted by Gasteiger charge is 2.14. The molecule has 4 heteroatoms. The van der Waals surface area contributed by atoms with Gasteiger partial charge in [-0.3, -0.25) is 4.79 Å². The fourth-order valence-electron chi connectivity index (χ4n) is 1.52. The highest BCUT2D eigenvalue weighted by Crippen LogP contribution is 2.23. The number of carbonyl (C=O) groups excluding carboxylic acids is 1. The molecule has 0 bridgehead atoms. The van der Waals surface area contributed by atoms with Gasteiger partial charge in [0.05, 0.1) is 12.7 Å². The number of hydrogen-bond donors (Lipinski definition) is 2. The van der Waals surface area contributed by atoms with Crippen molar-refractivity contribution < 1.29 is 9.53 Å². The van der Waals surface area contributed by atoms with Gasteiger partial charge in [-0.15, -0.1) is 0 Å². The molecule has 0 fully saturated rings. The highest BCUT2D eigenvalue weighted by atomic mass is 16.5. The number of ketones is 1. The summed E-state index contributed by atoms with van der Waals surface area (Å²) < 4.78 is 5.13. The first kappa shape index (κ1) is 10.3. The van der Waals surface area contributed by atoms with Gasteiger partial charge in [0.1, 0.15) is 5.75 Å². The van der Waals surface area contributed by atoms with E-state index in [1.807, 2.05) is 0 Å². The van der Waals surface area contributed by atoms with Gasteiger partial charge in [-0.2, -0.15) is 0 Å². The Labute approximate surface area is 93.0 Å². The quantitative estimate of drug-likeness (QED) is 0.607. The minimum Gasteiger partial charge on any atom is -0.496 e. The molecule has 0 saturated carbocycles. The maximum atomic E-state index is 12.1. The normalized spacial score (nSPS) is 10.1. The Morgan fingerprint density at radius 2 is 2.19 bits per heavy atom. The lowest BCUT2D eigenvalue weighted by atomic mass is 10.0. The molecule has 0 aliphatic carbocycles. The topological polar surface area (TPSA) is 68.1 Å². The van der Waals surface area contributed by atoms with Crippen LogP contribution in [0.2, 0.25) is 0 Å². The number of benzene rings is 1. The first-order valence-electron chi connectivity index (χ1n) is 4.83. The molecule has 2 aromatic rings. The lowest BCUT2D eigenvalue weighted by Crippen LogP contribution is -2.03. The Kier molecular flexibility index (Phi) is 2.64. The lowest BCUT2D eigenvalue weighted by molar-refractivity contribution is 0.103. The minimum atomic E-state index is -0.106. The molecule has 1 aromatic carbocycles. The third-order valence-electron chi connectivity index (χ3n) is 2.33. The highest BCUT2D eigenvalue weighted by molar-refractivity contribution is 6.11. The van der Waals surface area contributed by atoms with Crippen molar-refractivity contribution in [3.63, 3.8) is 0 Å². The molecule has 4 nitrogen and oxygen atoms in total. The van der Waals surface area contributed by atoms with Crippen LogP contribution in [0.1, 0.15) is 15.9 Å². The first-order valence-corrected chi connectivity index (χ1v) is 4.83. The monoisotopic (exact) mass is 216 g/mol. The van der Waals surface area contributed by atoms with E-state index < -0.39 is 0 Å². The summed E-state index contributed by atoms with van der Waals surface area (Å²) in [5.74, 6) is 0.422. The Bertz CT molecular complexity index is 504. The van der Waals surface area contributed by atoms with Crippen molar-refractivity contribution in [3.05, 3.63) is 47.8 Å². The summed E-state index contributed by atoms with van der Waals surface area (Å²) in [4.78, 5) is 14.9. The number of nitrogens with one attached hydrogen (secondary N) is 1. The van der Waals surface area contributed by atoms with Gasteiger partial charge in [-0.05, 0) is 24.3 Å². The number of nitrogen functional groups attached to an aromatic ring is 1. The van der Waals surface area contributed by atoms with Crippen LogP contribution < -0.4 is 10.5 Å². The summed E-state index contributed by atoms with van der Waals surface area (Å²) in [6.07, 6.45) is 3.34. The molecule has 0 aliphatic rings. The van der Waals surface area contributed by atoms with E-state index in [0.29, 0.717) is 22.6 Å². The summed E-state index contributed by atoms with van der Waals surface area (Å²) in [7, 11) is 1.53. The van der Waals surface area contributed by atoms with E-state index in [1.54, 1.807) is 36.7 Å². The van der Waals surface area contributed by atoms with E-state index in [2.05, 4.69) is 4.98 Å². The summed E-state index contributed by atoms with van der Waals surface area (Å²) in [5.41, 5.74) is 7.26. The second-order valence-electron chi connectivity index (χ2n) is 3.39. The smallest absolute Gasteiger partial charge is 0.198 e. The van der Waals surface area contributed by atoms with E-state index in [1.165, 1.54) is 7.11 Å². The molecule has 0 unspecified atom stereocenters. The predicted octanol–water partition coefficient (Wildman–Crippen LogP) is 1.84. The van der Waals surface area contributed by atoms with Crippen molar-refractivity contribution in [3.8, 4) is 5.75 Å². The summed E-state index contributed by atoms with van der Waals surface area (Å²) in [6, 6.07) is 6.72. The van der Waals surface area contributed by atoms with Crippen molar-refractivity contribution >= 4 is 11.5 Å². The molecular formula is C12H12N2O2. The van der Waals surface area contributed by atoms with Crippen molar-refractivity contribution in [2.24, 2.45) is 0 Å². The van der Waals surface area contributed by atoms with Gasteiger partial charge in [0.25, 0.3) is 0 Å². The maximum absolute atomic E-state index is 12.1. The summed E-state index contributed by atoms with van der Waals surface area (Å²) in [5, 5.41) is 0. The van der Waals surface area contributed by atoms with Crippen LogP contribution in [0.25, 0.3) is 0 Å². The van der Waals surface area contributed by atoms with Crippen LogP contribution in [0.5, 0.6) is 5.75 Å². The number of nitrogens with two attached hydrogens (primary N) is 1. The van der Waals surface area contributed by atoms with Gasteiger partial charge in [-0.1, -0.05) is 0 Å². The molecule has 3 N–H and O–H groups in total. The average Bonchev–Trinajstić information content (AvgIpc) is 2.81. The zero-order valence-electron chi connectivity index (χ0n) is 8.86. The van der Waals surface area contributed by atoms with Crippen LogP contribution in [0, 0.1) is 0 Å². The van der Waals surface area contributed by atoms with Gasteiger partial charge >= 0.3 is 0 Å². The van der Waals surface area contributed by atoms with E-state index >= 15 is 0 Å². The first-order chi connectivity index (χ1) is 7.72. The van der Waals surface area contributed by atoms with Gasteiger partial charge in [-0.25, -0.2) is 0 Å². The molecule has 1 heterocycles. The van der Waals surface area contributed by atoms with E-state index in [0.717, 1.165) is 0 Å². The number of aromatic amines is 1. The van der Waals surface area contributed by atoms with Crippen LogP contribution >= 0.6 is 0 Å². The lowest BCUT2D eigenvalue weighted by Gasteiger charge is -2.07. The second-order valence-corrected chi connectivity index (χ2v) is 3.39. The molecular weight excluding hydrogens is 204 g/mol. The number of rotatable bonds is 3. The number of aromatic nitrogens is 1. The molecule has 16 heavy (non-hydrogen) atoms. The zero-order chi connectivity index (χ0) is 11.5. The van der Waals surface area contributed by atoms with Gasteiger partial charge in [0, 0.05) is 23.6 Å². The van der Waals surface area contributed by atoms with Crippen LogP contribution in [0.15, 0.2) is 36.7 Å². The Morgan fingerprint density at radius 3 is 2.81 bits per heavy atom. The number of ether oxygens (including phenoxy) is 1. The standard InChI is InChI=1S/C12H12N2O2/c1-16-11-3-2-9(13)6-10(11)12(15)8-4-5-14-7-8/h2-7,14H,13H2,1H3. The Balaban J connectivity index is 2.47. The number of carbonyl (C=O) groups is 1. The number of hydrogen-bond acceptors (Lipinski definition) is 3. The fourth-order valence-corrected chi connectivity index (χ4v) is 1.52. The molecule has 82 valence electrons. The molecule has 0 amide bonds. The molecule has 0 saturated heterocycles. The third-order valence-corrected chi connectivity index (χ3v) is 2.33. The number of anilines is 1. The third kappa shape index (κ3) is 1.77. The number of H-pyrrole nitrogens is 1. The summed E-state index contributed by atoms with van der Waals surface area (Å²) in [6.45, 7) is 0. The molecule has 0 radical (unpaired) electrons. The zero-order valence-corrected chi connectivity index (χ0v) is 8.86. The van der Waals surface area contributed by atoms with Crippen LogP contribution in [0.4, 0.5) is 5.69 Å².